The lowest BCUT2D eigenvalue weighted by Gasteiger charge is -2.36. The summed E-state index contributed by atoms with van der Waals surface area (Å²) in [6.07, 6.45) is 8.17. The molecule has 1 aliphatic heterocycles. The minimum Gasteiger partial charge on any atom is -0.332 e. The van der Waals surface area contributed by atoms with Gasteiger partial charge in [-0.3, -0.25) is 14.9 Å². The fourth-order valence-corrected chi connectivity index (χ4v) is 3.46. The molecule has 6 nitrogen and oxygen atoms in total. The van der Waals surface area contributed by atoms with Crippen LogP contribution in [0.4, 0.5) is 0 Å². The number of likely N-dealkylation sites (tertiary alicyclic amines) is 1. The van der Waals surface area contributed by atoms with Gasteiger partial charge in [0.05, 0.1) is 11.6 Å². The summed E-state index contributed by atoms with van der Waals surface area (Å²) >= 11 is 0. The number of nitrogens with one attached hydrogen (secondary N) is 1. The largest absolute Gasteiger partial charge is 0.332 e. The monoisotopic (exact) mass is 333 g/mol. The first-order valence-corrected chi connectivity index (χ1v) is 8.50. The van der Waals surface area contributed by atoms with E-state index in [4.69, 9.17) is 0 Å². The molecule has 0 radical (unpaired) electrons. The summed E-state index contributed by atoms with van der Waals surface area (Å²) in [5.41, 5.74) is 2.52. The van der Waals surface area contributed by atoms with Crippen molar-refractivity contribution in [3.8, 4) is 11.4 Å². The summed E-state index contributed by atoms with van der Waals surface area (Å²) in [6.45, 7) is 0.753. The summed E-state index contributed by atoms with van der Waals surface area (Å²) in [4.78, 5) is 23.7. The van der Waals surface area contributed by atoms with E-state index >= 15 is 0 Å². The molecule has 25 heavy (non-hydrogen) atoms. The maximum Gasteiger partial charge on any atom is 0.255 e. The van der Waals surface area contributed by atoms with Gasteiger partial charge in [0.15, 0.2) is 5.82 Å². The molecular formula is C19H19N5O. The molecule has 3 heterocycles. The van der Waals surface area contributed by atoms with Crippen LogP contribution in [0, 0.1) is 0 Å². The van der Waals surface area contributed by atoms with E-state index in [0.717, 1.165) is 36.9 Å². The summed E-state index contributed by atoms with van der Waals surface area (Å²) < 4.78 is 0. The van der Waals surface area contributed by atoms with Crippen LogP contribution in [-0.2, 0) is 0 Å². The van der Waals surface area contributed by atoms with Gasteiger partial charge in [-0.1, -0.05) is 24.3 Å². The van der Waals surface area contributed by atoms with E-state index in [9.17, 15) is 4.79 Å². The number of benzene rings is 1. The van der Waals surface area contributed by atoms with Crippen molar-refractivity contribution in [3.63, 3.8) is 0 Å². The molecule has 1 atom stereocenters. The average molecular weight is 333 g/mol. The second kappa shape index (κ2) is 6.84. The van der Waals surface area contributed by atoms with Gasteiger partial charge in [0.25, 0.3) is 5.91 Å². The number of carbonyl (C=O) groups is 1. The lowest BCUT2D eigenvalue weighted by atomic mass is 9.94. The average Bonchev–Trinajstić information content (AvgIpc) is 3.23. The van der Waals surface area contributed by atoms with Crippen LogP contribution in [0.25, 0.3) is 11.4 Å². The van der Waals surface area contributed by atoms with Crippen molar-refractivity contribution in [2.75, 3.05) is 6.54 Å². The molecule has 126 valence electrons. The first-order chi connectivity index (χ1) is 12.3. The third-order valence-corrected chi connectivity index (χ3v) is 4.66. The molecule has 0 aliphatic carbocycles. The van der Waals surface area contributed by atoms with Gasteiger partial charge in [-0.05, 0) is 37.0 Å². The Balaban J connectivity index is 1.70. The number of piperidine rings is 1. The Kier molecular flexibility index (Phi) is 4.24. The molecule has 6 heteroatoms. The number of aromatic amines is 1. The number of rotatable bonds is 3. The van der Waals surface area contributed by atoms with Gasteiger partial charge in [0.2, 0.25) is 0 Å². The summed E-state index contributed by atoms with van der Waals surface area (Å²) in [6, 6.07) is 11.6. The number of amides is 1. The van der Waals surface area contributed by atoms with E-state index in [2.05, 4.69) is 20.2 Å². The fourth-order valence-electron chi connectivity index (χ4n) is 3.46. The Bertz CT molecular complexity index is 847. The summed E-state index contributed by atoms with van der Waals surface area (Å²) in [7, 11) is 0. The summed E-state index contributed by atoms with van der Waals surface area (Å²) in [5, 5.41) is 6.76. The van der Waals surface area contributed by atoms with Crippen molar-refractivity contribution in [2.45, 2.75) is 25.3 Å². The molecule has 0 saturated carbocycles. The third-order valence-electron chi connectivity index (χ3n) is 4.66. The van der Waals surface area contributed by atoms with E-state index in [0.29, 0.717) is 11.4 Å². The Labute approximate surface area is 145 Å². The number of nitrogens with zero attached hydrogens (tertiary/aromatic N) is 4. The Morgan fingerprint density at radius 1 is 1.16 bits per heavy atom. The highest BCUT2D eigenvalue weighted by Crippen LogP contribution is 2.33. The highest BCUT2D eigenvalue weighted by Gasteiger charge is 2.30. The van der Waals surface area contributed by atoms with E-state index in [1.807, 2.05) is 47.5 Å². The van der Waals surface area contributed by atoms with E-state index in [1.165, 1.54) is 6.33 Å². The van der Waals surface area contributed by atoms with E-state index in [-0.39, 0.29) is 11.9 Å². The van der Waals surface area contributed by atoms with Crippen LogP contribution in [0.15, 0.2) is 55.1 Å². The van der Waals surface area contributed by atoms with E-state index in [1.54, 1.807) is 6.20 Å². The molecule has 1 saturated heterocycles. The van der Waals surface area contributed by atoms with Crippen molar-refractivity contribution < 1.29 is 4.79 Å². The zero-order chi connectivity index (χ0) is 17.1. The van der Waals surface area contributed by atoms with Crippen molar-refractivity contribution >= 4 is 5.91 Å². The predicted molar refractivity (Wildman–Crippen MR) is 93.7 cm³/mol. The lowest BCUT2D eigenvalue weighted by molar-refractivity contribution is 0.0612. The lowest BCUT2D eigenvalue weighted by Crippen LogP contribution is -2.38. The minimum atomic E-state index is 0.0283. The number of aromatic nitrogens is 4. The van der Waals surface area contributed by atoms with Crippen LogP contribution in [0.2, 0.25) is 0 Å². The van der Waals surface area contributed by atoms with Gasteiger partial charge in [-0.25, -0.2) is 4.98 Å². The molecule has 4 rings (SSSR count). The smallest absolute Gasteiger partial charge is 0.255 e. The normalized spacial score (nSPS) is 17.4. The minimum absolute atomic E-state index is 0.0283. The molecule has 1 aliphatic rings. The quantitative estimate of drug-likeness (QED) is 0.798. The second-order valence-electron chi connectivity index (χ2n) is 6.18. The molecular weight excluding hydrogens is 314 g/mol. The maximum absolute atomic E-state index is 13.3. The Morgan fingerprint density at radius 3 is 2.88 bits per heavy atom. The van der Waals surface area contributed by atoms with Crippen LogP contribution in [0.3, 0.4) is 0 Å². The first kappa shape index (κ1) is 15.5. The van der Waals surface area contributed by atoms with Gasteiger partial charge in [-0.15, -0.1) is 0 Å². The van der Waals surface area contributed by atoms with Crippen LogP contribution in [0.5, 0.6) is 0 Å². The molecule has 1 aromatic carbocycles. The number of carbonyl (C=O) groups excluding carboxylic acids is 1. The number of pyridine rings is 1. The maximum atomic E-state index is 13.3. The number of H-pyrrole nitrogens is 1. The van der Waals surface area contributed by atoms with Gasteiger partial charge >= 0.3 is 0 Å². The Hall–Kier alpha value is -3.02. The molecule has 1 fully saturated rings. The predicted octanol–water partition coefficient (Wildman–Crippen LogP) is 3.23. The van der Waals surface area contributed by atoms with Crippen LogP contribution in [0.1, 0.15) is 41.2 Å². The Morgan fingerprint density at radius 2 is 2.08 bits per heavy atom. The standard InChI is InChI=1S/C19H19N5O/c25-19(16-8-2-1-7-15(16)18-21-13-22-23-18)24-11-4-3-9-17(24)14-6-5-10-20-12-14/h1-2,5-8,10,12-13,17H,3-4,9,11H2,(H,21,22,23)/t17-/m0/s1. The number of hydrogen-bond acceptors (Lipinski definition) is 4. The molecule has 2 aromatic heterocycles. The van der Waals surface area contributed by atoms with Gasteiger partial charge in [0.1, 0.15) is 6.33 Å². The molecule has 1 amide bonds. The molecule has 0 spiro atoms. The van der Waals surface area contributed by atoms with Crippen LogP contribution in [-0.4, -0.2) is 37.5 Å². The van der Waals surface area contributed by atoms with Gasteiger partial charge < -0.3 is 4.90 Å². The van der Waals surface area contributed by atoms with Crippen molar-refractivity contribution in [1.82, 2.24) is 25.1 Å². The zero-order valence-corrected chi connectivity index (χ0v) is 13.8. The fraction of sp³-hybridized carbons (Fsp3) is 0.263. The highest BCUT2D eigenvalue weighted by molar-refractivity contribution is 6.00. The zero-order valence-electron chi connectivity index (χ0n) is 13.8. The van der Waals surface area contributed by atoms with Crippen LogP contribution < -0.4 is 0 Å². The molecule has 0 bridgehead atoms. The SMILES string of the molecule is O=C(c1ccccc1-c1ncn[nH]1)N1CCCC[C@H]1c1cccnc1. The van der Waals surface area contributed by atoms with Crippen molar-refractivity contribution in [2.24, 2.45) is 0 Å². The second-order valence-corrected chi connectivity index (χ2v) is 6.18. The van der Waals surface area contributed by atoms with Crippen molar-refractivity contribution in [3.05, 3.63) is 66.2 Å². The molecule has 1 N–H and O–H groups in total. The topological polar surface area (TPSA) is 74.8 Å². The van der Waals surface area contributed by atoms with Crippen LogP contribution >= 0.6 is 0 Å². The van der Waals surface area contributed by atoms with Gasteiger partial charge in [0, 0.05) is 24.5 Å². The molecule has 3 aromatic rings. The summed E-state index contributed by atoms with van der Waals surface area (Å²) in [5.74, 6) is 0.638. The first-order valence-electron chi connectivity index (χ1n) is 8.50. The third kappa shape index (κ3) is 3.03. The molecule has 0 unspecified atom stereocenters. The van der Waals surface area contributed by atoms with Gasteiger partial charge in [-0.2, -0.15) is 5.10 Å². The van der Waals surface area contributed by atoms with Crippen molar-refractivity contribution in [1.29, 1.82) is 0 Å². The number of hydrogen-bond donors (Lipinski definition) is 1. The van der Waals surface area contributed by atoms with E-state index < -0.39 is 0 Å². The highest BCUT2D eigenvalue weighted by atomic mass is 16.2.